The van der Waals surface area contributed by atoms with Gasteiger partial charge in [0, 0.05) is 18.5 Å². The van der Waals surface area contributed by atoms with Gasteiger partial charge in [0.25, 0.3) is 0 Å². The van der Waals surface area contributed by atoms with Crippen LogP contribution in [0.15, 0.2) is 22.8 Å². The van der Waals surface area contributed by atoms with E-state index < -0.39 is 0 Å². The molecule has 0 radical (unpaired) electrons. The van der Waals surface area contributed by atoms with E-state index in [-0.39, 0.29) is 11.7 Å². The van der Waals surface area contributed by atoms with Crippen molar-refractivity contribution in [3.63, 3.8) is 0 Å². The van der Waals surface area contributed by atoms with Crippen molar-refractivity contribution in [2.75, 3.05) is 6.54 Å². The number of rotatable bonds is 0. The maximum Gasteiger partial charge on any atom is 0.0753 e. The number of allylic oxidation sites excluding steroid dienone is 2. The van der Waals surface area contributed by atoms with E-state index in [1.807, 2.05) is 5.57 Å². The number of nitrogens with one attached hydrogen (secondary N) is 1. The van der Waals surface area contributed by atoms with Gasteiger partial charge in [-0.05, 0) is 101 Å². The van der Waals surface area contributed by atoms with Gasteiger partial charge in [0.1, 0.15) is 0 Å². The molecule has 2 saturated carbocycles. The Morgan fingerprint density at radius 3 is 2.81 bits per heavy atom. The van der Waals surface area contributed by atoms with Gasteiger partial charge in [-0.1, -0.05) is 36.6 Å². The topological polar surface area (TPSA) is 41.5 Å². The van der Waals surface area contributed by atoms with E-state index in [1.165, 1.54) is 38.5 Å². The molecular weight excluding hydrogens is 382 g/mol. The van der Waals surface area contributed by atoms with Crippen molar-refractivity contribution in [1.82, 2.24) is 5.32 Å². The summed E-state index contributed by atoms with van der Waals surface area (Å²) in [6, 6.07) is 0.590. The van der Waals surface area contributed by atoms with Crippen LogP contribution in [0.25, 0.3) is 0 Å². The molecule has 0 aromatic carbocycles. The van der Waals surface area contributed by atoms with E-state index in [9.17, 15) is 5.11 Å². The lowest BCUT2D eigenvalue weighted by molar-refractivity contribution is -0.0711. The third kappa shape index (κ3) is 3.02. The molecule has 2 heterocycles. The van der Waals surface area contributed by atoms with Crippen LogP contribution in [0.3, 0.4) is 0 Å². The van der Waals surface area contributed by atoms with Crippen LogP contribution in [0.4, 0.5) is 0 Å². The highest BCUT2D eigenvalue weighted by molar-refractivity contribution is 5.33. The zero-order valence-corrected chi connectivity index (χ0v) is 20.1. The Bertz CT molecular complexity index is 816. The number of aliphatic hydroxyl groups is 1. The van der Waals surface area contributed by atoms with E-state index >= 15 is 0 Å². The largest absolute Gasteiger partial charge is 0.393 e. The van der Waals surface area contributed by atoms with Gasteiger partial charge in [0.15, 0.2) is 0 Å². The van der Waals surface area contributed by atoms with Crippen molar-refractivity contribution in [3.8, 4) is 0 Å². The van der Waals surface area contributed by atoms with E-state index in [2.05, 4.69) is 39.1 Å². The molecule has 2 N–H and O–H groups in total. The molecule has 10 atom stereocenters. The Balaban J connectivity index is 1.28. The summed E-state index contributed by atoms with van der Waals surface area (Å²) in [5.41, 5.74) is 5.47. The minimum atomic E-state index is -0.106. The van der Waals surface area contributed by atoms with Crippen LogP contribution in [-0.2, 0) is 4.74 Å². The SMILES string of the molecule is CC1=C2C[C@H]3[C@@H](CC=C4C[C@@H](O)CC[C@@]43C)[C@@H]2CC[C@@]2(C1)O[C@@H]1C[C@H](C)NC[C@H]1[C@H]2C. The summed E-state index contributed by atoms with van der Waals surface area (Å²) < 4.78 is 7.03. The molecule has 0 unspecified atom stereocenters. The minimum absolute atomic E-state index is 0.0759. The molecule has 0 aromatic heterocycles. The van der Waals surface area contributed by atoms with Gasteiger partial charge in [0.05, 0.1) is 17.8 Å². The molecule has 0 bridgehead atoms. The van der Waals surface area contributed by atoms with Crippen LogP contribution < -0.4 is 5.32 Å². The zero-order valence-electron chi connectivity index (χ0n) is 20.1. The molecule has 6 aliphatic rings. The van der Waals surface area contributed by atoms with Crippen molar-refractivity contribution >= 4 is 0 Å². The van der Waals surface area contributed by atoms with E-state index in [4.69, 9.17) is 4.74 Å². The lowest BCUT2D eigenvalue weighted by Crippen LogP contribution is -2.44. The standard InChI is InChI=1S/C28H43NO2/c1-16-14-28(18(3)24-15-29-17(2)11-26(24)31-28)10-8-21-22-6-5-19-12-20(30)7-9-27(19,4)25(22)13-23(16)21/h5,17-18,20-22,24-26,29-30H,6-15H2,1-4H3/t17-,18+,20-,21-,22-,24-,25-,26+,27-,28-/m0/s1. The van der Waals surface area contributed by atoms with Gasteiger partial charge in [-0.15, -0.1) is 0 Å². The summed E-state index contributed by atoms with van der Waals surface area (Å²) in [7, 11) is 0. The van der Waals surface area contributed by atoms with Gasteiger partial charge >= 0.3 is 0 Å². The fourth-order valence-electron chi connectivity index (χ4n) is 9.27. The first-order valence-corrected chi connectivity index (χ1v) is 13.3. The second-order valence-electron chi connectivity index (χ2n) is 12.6. The Morgan fingerprint density at radius 1 is 1.13 bits per heavy atom. The monoisotopic (exact) mass is 425 g/mol. The lowest BCUT2D eigenvalue weighted by Gasteiger charge is -2.49. The first kappa shape index (κ1) is 20.9. The molecule has 4 fully saturated rings. The molecule has 4 aliphatic carbocycles. The van der Waals surface area contributed by atoms with Crippen LogP contribution in [-0.4, -0.2) is 35.5 Å². The summed E-state index contributed by atoms with van der Waals surface area (Å²) in [6.45, 7) is 10.9. The zero-order chi connectivity index (χ0) is 21.5. The Hall–Kier alpha value is -0.640. The maximum atomic E-state index is 10.3. The fourth-order valence-corrected chi connectivity index (χ4v) is 9.27. The van der Waals surface area contributed by atoms with Crippen molar-refractivity contribution in [2.45, 2.75) is 109 Å². The Morgan fingerprint density at radius 2 is 1.97 bits per heavy atom. The molecule has 0 amide bonds. The first-order chi connectivity index (χ1) is 14.8. The molecule has 172 valence electrons. The lowest BCUT2D eigenvalue weighted by atomic mass is 9.56. The highest BCUT2D eigenvalue weighted by Gasteiger charge is 2.58. The van der Waals surface area contributed by atoms with Crippen LogP contribution >= 0.6 is 0 Å². The highest BCUT2D eigenvalue weighted by Crippen LogP contribution is 2.63. The van der Waals surface area contributed by atoms with Gasteiger partial charge in [-0.2, -0.15) is 0 Å². The molecule has 31 heavy (non-hydrogen) atoms. The summed E-state index contributed by atoms with van der Waals surface area (Å²) in [4.78, 5) is 0. The molecular formula is C28H43NO2. The minimum Gasteiger partial charge on any atom is -0.393 e. The van der Waals surface area contributed by atoms with E-state index in [0.717, 1.165) is 43.6 Å². The fraction of sp³-hybridized carbons (Fsp3) is 0.857. The van der Waals surface area contributed by atoms with Crippen LogP contribution in [0.5, 0.6) is 0 Å². The number of fused-ring (bicyclic) bond motifs is 6. The molecule has 1 spiro atoms. The van der Waals surface area contributed by atoms with Gasteiger partial charge in [-0.3, -0.25) is 0 Å². The van der Waals surface area contributed by atoms with Gasteiger partial charge in [-0.25, -0.2) is 0 Å². The number of hydrogen-bond donors (Lipinski definition) is 2. The summed E-state index contributed by atoms with van der Waals surface area (Å²) >= 11 is 0. The first-order valence-electron chi connectivity index (χ1n) is 13.3. The normalized spacial score (nSPS) is 54.0. The summed E-state index contributed by atoms with van der Waals surface area (Å²) in [5, 5.41) is 14.0. The van der Waals surface area contributed by atoms with Gasteiger partial charge < -0.3 is 15.2 Å². The maximum absolute atomic E-state index is 10.3. The van der Waals surface area contributed by atoms with Crippen LogP contribution in [0.2, 0.25) is 0 Å². The van der Waals surface area contributed by atoms with Crippen molar-refractivity contribution in [3.05, 3.63) is 22.8 Å². The molecule has 2 saturated heterocycles. The Kier molecular flexibility index (Phi) is 4.85. The van der Waals surface area contributed by atoms with Gasteiger partial charge in [0.2, 0.25) is 0 Å². The molecule has 0 aromatic rings. The van der Waals surface area contributed by atoms with Crippen molar-refractivity contribution in [1.29, 1.82) is 0 Å². The highest BCUT2D eigenvalue weighted by atomic mass is 16.5. The number of hydrogen-bond acceptors (Lipinski definition) is 3. The van der Waals surface area contributed by atoms with Crippen molar-refractivity contribution < 1.29 is 9.84 Å². The average molecular weight is 426 g/mol. The van der Waals surface area contributed by atoms with Crippen molar-refractivity contribution in [2.24, 2.45) is 35.0 Å². The smallest absolute Gasteiger partial charge is 0.0753 e. The number of ether oxygens (including phenoxy) is 1. The van der Waals surface area contributed by atoms with E-state index in [0.29, 0.717) is 29.4 Å². The van der Waals surface area contributed by atoms with E-state index in [1.54, 1.807) is 11.1 Å². The Labute approximate surface area is 189 Å². The third-order valence-corrected chi connectivity index (χ3v) is 11.2. The predicted octanol–water partition coefficient (Wildman–Crippen LogP) is 5.39. The number of piperidine rings is 1. The quantitative estimate of drug-likeness (QED) is 0.511. The van der Waals surface area contributed by atoms with Crippen LogP contribution in [0, 0.1) is 35.0 Å². The van der Waals surface area contributed by atoms with Crippen LogP contribution in [0.1, 0.15) is 85.5 Å². The molecule has 3 heteroatoms. The predicted molar refractivity (Wildman–Crippen MR) is 125 cm³/mol. The summed E-state index contributed by atoms with van der Waals surface area (Å²) in [5.74, 6) is 3.70. The summed E-state index contributed by atoms with van der Waals surface area (Å²) in [6.07, 6.45) is 13.5. The molecule has 6 rings (SSSR count). The second-order valence-corrected chi connectivity index (χ2v) is 12.6. The number of aliphatic hydroxyl groups excluding tert-OH is 1. The second kappa shape index (κ2) is 7.18. The molecule has 2 aliphatic heterocycles. The average Bonchev–Trinajstić information content (AvgIpc) is 3.19. The third-order valence-electron chi connectivity index (χ3n) is 11.2. The molecule has 3 nitrogen and oxygen atoms in total.